The highest BCUT2D eigenvalue weighted by atomic mass is 79.9. The molecule has 8 heteroatoms. The Morgan fingerprint density at radius 2 is 0.712 bits per heavy atom. The van der Waals surface area contributed by atoms with E-state index >= 15 is 0 Å². The molecule has 0 saturated carbocycles. The Balaban J connectivity index is 1.15. The molecule has 338 valence electrons. The van der Waals surface area contributed by atoms with E-state index in [2.05, 4.69) is 131 Å². The summed E-state index contributed by atoms with van der Waals surface area (Å²) >= 11 is 11.0. The highest BCUT2D eigenvalue weighted by Gasteiger charge is 2.34. The van der Waals surface area contributed by atoms with Crippen LogP contribution in [0.4, 0.5) is 0 Å². The molecule has 0 bridgehead atoms. The van der Waals surface area contributed by atoms with Crippen molar-refractivity contribution in [3.8, 4) is 67.4 Å². The van der Waals surface area contributed by atoms with Crippen LogP contribution in [0.2, 0.25) is 0 Å². The maximum absolute atomic E-state index is 10.4. The van der Waals surface area contributed by atoms with Crippen molar-refractivity contribution in [1.29, 1.82) is 21.0 Å². The van der Waals surface area contributed by atoms with E-state index in [-0.39, 0.29) is 11.1 Å². The smallest absolute Gasteiger partial charge is 0.138 e. The third-order valence-corrected chi connectivity index (χ3v) is 16.9. The van der Waals surface area contributed by atoms with Crippen LogP contribution in [0.25, 0.3) is 54.3 Å². The Hall–Kier alpha value is -4.54. The van der Waals surface area contributed by atoms with Crippen LogP contribution in [-0.2, 0) is 12.8 Å². The van der Waals surface area contributed by atoms with Crippen molar-refractivity contribution in [1.82, 2.24) is 0 Å². The molecule has 3 aromatic carbocycles. The maximum atomic E-state index is 10.4. The number of allylic oxidation sites excluding steroid dienone is 2. The summed E-state index contributed by atoms with van der Waals surface area (Å²) in [5.41, 5.74) is 13.2. The fraction of sp³-hybridized carbons (Fsp3) is 0.414. The van der Waals surface area contributed by atoms with E-state index in [9.17, 15) is 21.0 Å². The molecular weight excluding hydrogens is 977 g/mol. The van der Waals surface area contributed by atoms with Crippen molar-refractivity contribution in [3.05, 3.63) is 113 Å². The molecule has 0 amide bonds. The van der Waals surface area contributed by atoms with E-state index in [4.69, 9.17) is 0 Å². The van der Waals surface area contributed by atoms with Crippen molar-refractivity contribution in [3.63, 3.8) is 0 Å². The quantitative estimate of drug-likeness (QED) is 0.0445. The van der Waals surface area contributed by atoms with Crippen molar-refractivity contribution < 1.29 is 0 Å². The molecule has 0 saturated heterocycles. The number of nitriles is 4. The minimum Gasteiger partial charge on any atom is -0.192 e. The standard InChI is InChI=1S/C58H60Br2N4S2/c1-3-5-7-9-11-13-15-17-19-21-23-39-31-53(59)65-57(39)41-25-27-45-47-33-52-48(34-51(47)55(49(45)29-41)43(35-61)36-62)46-28-26-42(30-50(46)56(52)44(37-63)38-64)58-40(32-54(60)66-58)24-22-20-18-16-14-12-10-8-6-4-2/h25-34H,3-24H2,1-2H3. The summed E-state index contributed by atoms with van der Waals surface area (Å²) in [6.07, 6.45) is 28.0. The Morgan fingerprint density at radius 1 is 0.394 bits per heavy atom. The Bertz CT molecular complexity index is 2550. The molecule has 0 fully saturated rings. The maximum Gasteiger partial charge on any atom is 0.138 e. The average Bonchev–Trinajstić information content (AvgIpc) is 4.07. The Kier molecular flexibility index (Phi) is 18.3. The van der Waals surface area contributed by atoms with Crippen LogP contribution in [0.15, 0.2) is 79.4 Å². The molecule has 0 spiro atoms. The largest absolute Gasteiger partial charge is 0.192 e. The van der Waals surface area contributed by atoms with Crippen molar-refractivity contribution in [2.24, 2.45) is 0 Å². The first-order valence-electron chi connectivity index (χ1n) is 24.5. The molecule has 0 N–H and O–H groups in total. The minimum atomic E-state index is 0.0716. The molecule has 5 aromatic rings. The van der Waals surface area contributed by atoms with Gasteiger partial charge < -0.3 is 0 Å². The Labute approximate surface area is 419 Å². The zero-order chi connectivity index (χ0) is 46.4. The SMILES string of the molecule is CCCCCCCCCCCCc1cc(Br)sc1-c1ccc2c(c1)C(=C(C#N)C#N)c1cc3c(cc1-2)C(=C(C#N)C#N)c1cc(-c2sc(Br)cc2CCCCCCCCCCCC)ccc1-3. The summed E-state index contributed by atoms with van der Waals surface area (Å²) in [6, 6.07) is 30.5. The zero-order valence-corrected chi connectivity index (χ0v) is 43.5. The van der Waals surface area contributed by atoms with E-state index in [0.717, 1.165) is 88.9 Å². The first kappa shape index (κ1) is 49.4. The second-order valence-corrected chi connectivity index (χ2v) is 22.9. The molecule has 2 aliphatic carbocycles. The number of thiophene rings is 2. The van der Waals surface area contributed by atoms with Gasteiger partial charge in [-0.1, -0.05) is 154 Å². The molecular formula is C58H60Br2N4S2. The van der Waals surface area contributed by atoms with Crippen LogP contribution in [0.1, 0.15) is 176 Å². The van der Waals surface area contributed by atoms with Gasteiger partial charge in [0.2, 0.25) is 0 Å². The first-order chi connectivity index (χ1) is 32.3. The van der Waals surface area contributed by atoms with Gasteiger partial charge >= 0.3 is 0 Å². The molecule has 66 heavy (non-hydrogen) atoms. The number of halogens is 2. The van der Waals surface area contributed by atoms with E-state index in [1.165, 1.54) is 136 Å². The minimum absolute atomic E-state index is 0.0716. The lowest BCUT2D eigenvalue weighted by Crippen LogP contribution is -1.91. The van der Waals surface area contributed by atoms with Gasteiger partial charge in [-0.3, -0.25) is 0 Å². The van der Waals surface area contributed by atoms with Gasteiger partial charge in [-0.25, -0.2) is 0 Å². The van der Waals surface area contributed by atoms with Gasteiger partial charge in [-0.15, -0.1) is 22.7 Å². The number of hydrogen-bond donors (Lipinski definition) is 0. The fourth-order valence-corrected chi connectivity index (χ4v) is 13.5. The van der Waals surface area contributed by atoms with Crippen LogP contribution in [0.3, 0.4) is 0 Å². The fourth-order valence-electron chi connectivity index (χ4n) is 10.1. The molecule has 0 unspecified atom stereocenters. The van der Waals surface area contributed by atoms with Gasteiger partial charge in [0.1, 0.15) is 35.4 Å². The summed E-state index contributed by atoms with van der Waals surface area (Å²) in [5, 5.41) is 41.6. The first-order valence-corrected chi connectivity index (χ1v) is 27.7. The van der Waals surface area contributed by atoms with Gasteiger partial charge in [0.05, 0.1) is 7.57 Å². The average molecular weight is 1040 g/mol. The van der Waals surface area contributed by atoms with Crippen molar-refractivity contribution in [2.45, 2.75) is 155 Å². The predicted octanol–water partition coefficient (Wildman–Crippen LogP) is 19.3. The lowest BCUT2D eigenvalue weighted by atomic mass is 9.93. The van der Waals surface area contributed by atoms with E-state index < -0.39 is 0 Å². The van der Waals surface area contributed by atoms with Crippen LogP contribution in [0, 0.1) is 45.3 Å². The summed E-state index contributed by atoms with van der Waals surface area (Å²) in [4.78, 5) is 2.42. The Morgan fingerprint density at radius 3 is 1.05 bits per heavy atom. The highest BCUT2D eigenvalue weighted by Crippen LogP contribution is 2.55. The summed E-state index contributed by atoms with van der Waals surface area (Å²) in [5.74, 6) is 0. The van der Waals surface area contributed by atoms with Gasteiger partial charge in [-0.05, 0) is 161 Å². The molecule has 2 aromatic heterocycles. The molecule has 2 heterocycles. The van der Waals surface area contributed by atoms with Crippen LogP contribution in [-0.4, -0.2) is 0 Å². The lowest BCUT2D eigenvalue weighted by Gasteiger charge is -2.09. The lowest BCUT2D eigenvalue weighted by molar-refractivity contribution is 0.556. The number of nitrogens with zero attached hydrogens (tertiary/aromatic N) is 4. The van der Waals surface area contributed by atoms with Crippen molar-refractivity contribution in [2.75, 3.05) is 0 Å². The van der Waals surface area contributed by atoms with Crippen LogP contribution in [0.5, 0.6) is 0 Å². The normalized spacial score (nSPS) is 11.9. The number of hydrogen-bond acceptors (Lipinski definition) is 6. The van der Waals surface area contributed by atoms with E-state index in [0.29, 0.717) is 11.1 Å². The summed E-state index contributed by atoms with van der Waals surface area (Å²) < 4.78 is 2.18. The zero-order valence-electron chi connectivity index (χ0n) is 38.7. The predicted molar refractivity (Wildman–Crippen MR) is 285 cm³/mol. The third-order valence-electron chi connectivity index (χ3n) is 13.5. The topological polar surface area (TPSA) is 95.2 Å². The monoisotopic (exact) mass is 1030 g/mol. The summed E-state index contributed by atoms with van der Waals surface area (Å²) in [6.45, 7) is 4.54. The molecule has 0 atom stereocenters. The summed E-state index contributed by atoms with van der Waals surface area (Å²) in [7, 11) is 0. The molecule has 4 nitrogen and oxygen atoms in total. The number of unbranched alkanes of at least 4 members (excludes halogenated alkanes) is 18. The van der Waals surface area contributed by atoms with Crippen LogP contribution < -0.4 is 0 Å². The van der Waals surface area contributed by atoms with Gasteiger partial charge in [0, 0.05) is 20.9 Å². The highest BCUT2D eigenvalue weighted by molar-refractivity contribution is 9.11. The molecule has 0 aliphatic heterocycles. The van der Waals surface area contributed by atoms with Gasteiger partial charge in [0.25, 0.3) is 0 Å². The van der Waals surface area contributed by atoms with E-state index in [1.807, 2.05) is 0 Å². The number of fused-ring (bicyclic) bond motifs is 6. The molecule has 7 rings (SSSR count). The van der Waals surface area contributed by atoms with Crippen molar-refractivity contribution >= 4 is 65.7 Å². The number of benzene rings is 3. The molecule has 2 aliphatic rings. The third kappa shape index (κ3) is 11.4. The number of rotatable bonds is 24. The number of aryl methyl sites for hydroxylation is 2. The van der Waals surface area contributed by atoms with Gasteiger partial charge in [0.15, 0.2) is 0 Å². The molecule has 0 radical (unpaired) electrons. The second kappa shape index (κ2) is 24.5. The van der Waals surface area contributed by atoms with E-state index in [1.54, 1.807) is 22.7 Å². The second-order valence-electron chi connectivity index (χ2n) is 18.1. The van der Waals surface area contributed by atoms with Crippen LogP contribution >= 0.6 is 54.5 Å². The van der Waals surface area contributed by atoms with Gasteiger partial charge in [-0.2, -0.15) is 21.0 Å².